The Hall–Kier alpha value is -6.80. The third kappa shape index (κ3) is 10.2. The second-order valence-electron chi connectivity index (χ2n) is 16.8. The fourth-order valence-electron chi connectivity index (χ4n) is 8.24. The van der Waals surface area contributed by atoms with E-state index in [1.54, 1.807) is 24.6 Å². The van der Waals surface area contributed by atoms with E-state index in [2.05, 4.69) is 30.2 Å². The molecule has 2 aliphatic rings. The molecule has 2 fully saturated rings. The Bertz CT molecular complexity index is 3420. The number of rotatable bonds is 12. The van der Waals surface area contributed by atoms with E-state index in [-0.39, 0.29) is 56.8 Å². The quantitative estimate of drug-likeness (QED) is 0.0918. The van der Waals surface area contributed by atoms with Crippen LogP contribution >= 0.6 is 0 Å². The van der Waals surface area contributed by atoms with Crippen molar-refractivity contribution in [1.29, 1.82) is 0 Å². The van der Waals surface area contributed by atoms with Crippen LogP contribution in [-0.4, -0.2) is 101 Å². The Balaban J connectivity index is 0.000000172. The third-order valence-electron chi connectivity index (χ3n) is 11.9. The zero-order valence-electron chi connectivity index (χ0n) is 37.5. The number of hydrogen-bond acceptors (Lipinski definition) is 12. The minimum absolute atomic E-state index is 0.0606. The van der Waals surface area contributed by atoms with E-state index < -0.39 is 57.6 Å². The lowest BCUT2D eigenvalue weighted by molar-refractivity contribution is 0.0392. The van der Waals surface area contributed by atoms with Crippen LogP contribution in [-0.2, 0) is 34.8 Å². The summed E-state index contributed by atoms with van der Waals surface area (Å²) < 4.78 is 64.1. The average Bonchev–Trinajstić information content (AvgIpc) is 3.31. The van der Waals surface area contributed by atoms with Crippen molar-refractivity contribution < 1.29 is 36.9 Å². The lowest BCUT2D eigenvalue weighted by Gasteiger charge is -2.36. The molecule has 18 heteroatoms. The predicted octanol–water partition coefficient (Wildman–Crippen LogP) is 6.30. The lowest BCUT2D eigenvalue weighted by Crippen LogP contribution is -2.51. The van der Waals surface area contributed by atoms with Gasteiger partial charge in [-0.1, -0.05) is 24.3 Å². The van der Waals surface area contributed by atoms with Gasteiger partial charge < -0.3 is 35.0 Å². The standard InChI is InChI=1S/C26H24FN3O4S.C25H22FN3O4S/c1-30-12-19(13-30)34-23-8-5-16(10-21(23)15-3-6-20(7-4-15)35(2)33)25-28-22-11-18(27)9-17(14-31)24(22)26(32)29-25;1-34(32)19-5-2-14(3-6-19)20-9-15(4-7-22(20)33-18-11-27-12-18)24-28-21-10-17(26)8-16(13-30)23(21)25(31)29-24/h3-11,19,31H,12-14H2,1-2H3,(H,28,29,32);2-10,18,27,30H,11-13H2,1H3,(H,28,29,31). The average molecular weight is 973 g/mol. The first kappa shape index (κ1) is 47.3. The molecular formula is C51H46F2N6O8S2. The first-order chi connectivity index (χ1) is 33.2. The number of aliphatic hydroxyl groups excluding tert-OH is 2. The van der Waals surface area contributed by atoms with Crippen molar-refractivity contribution in [3.63, 3.8) is 0 Å². The van der Waals surface area contributed by atoms with Crippen LogP contribution in [0.1, 0.15) is 11.1 Å². The normalized spacial score (nSPS) is 14.9. The molecule has 6 aromatic carbocycles. The molecule has 2 aromatic heterocycles. The van der Waals surface area contributed by atoms with Crippen LogP contribution in [0.3, 0.4) is 0 Å². The van der Waals surface area contributed by atoms with Gasteiger partial charge in [0.2, 0.25) is 0 Å². The number of aliphatic hydroxyl groups is 2. The summed E-state index contributed by atoms with van der Waals surface area (Å²) >= 11 is 0. The second-order valence-corrected chi connectivity index (χ2v) is 19.6. The highest BCUT2D eigenvalue weighted by molar-refractivity contribution is 7.84. The predicted molar refractivity (Wildman–Crippen MR) is 262 cm³/mol. The molecule has 2 aliphatic heterocycles. The third-order valence-corrected chi connectivity index (χ3v) is 13.8. The van der Waals surface area contributed by atoms with E-state index in [0.717, 1.165) is 65.5 Å². The van der Waals surface area contributed by atoms with Crippen LogP contribution in [0, 0.1) is 11.6 Å². The van der Waals surface area contributed by atoms with Crippen LogP contribution in [0.25, 0.3) is 66.8 Å². The Morgan fingerprint density at radius 2 is 1.01 bits per heavy atom. The van der Waals surface area contributed by atoms with Crippen LogP contribution < -0.4 is 25.9 Å². The minimum atomic E-state index is -1.09. The van der Waals surface area contributed by atoms with E-state index in [0.29, 0.717) is 27.5 Å². The van der Waals surface area contributed by atoms with Gasteiger partial charge in [0.25, 0.3) is 11.1 Å². The Morgan fingerprint density at radius 3 is 1.38 bits per heavy atom. The van der Waals surface area contributed by atoms with E-state index in [4.69, 9.17) is 9.47 Å². The maximum Gasteiger partial charge on any atom is 0.259 e. The van der Waals surface area contributed by atoms with Gasteiger partial charge in [0.05, 0.1) is 35.0 Å². The van der Waals surface area contributed by atoms with Crippen molar-refractivity contribution in [2.45, 2.75) is 35.2 Å². The summed E-state index contributed by atoms with van der Waals surface area (Å²) in [6.45, 7) is 2.23. The monoisotopic (exact) mass is 972 g/mol. The maximum absolute atomic E-state index is 14.1. The summed E-state index contributed by atoms with van der Waals surface area (Å²) in [4.78, 5) is 43.7. The van der Waals surface area contributed by atoms with Crippen molar-refractivity contribution in [1.82, 2.24) is 30.2 Å². The van der Waals surface area contributed by atoms with Crippen LogP contribution in [0.15, 0.2) is 129 Å². The molecule has 5 N–H and O–H groups in total. The molecule has 14 nitrogen and oxygen atoms in total. The molecular weight excluding hydrogens is 927 g/mol. The Kier molecular flexibility index (Phi) is 13.7. The highest BCUT2D eigenvalue weighted by atomic mass is 32.2. The SMILES string of the molecule is CN1CC(Oc2ccc(-c3nc4cc(F)cc(CO)c4c(=O)[nH]3)cc2-c2ccc(S(C)=O)cc2)C1.CS(=O)c1ccc(-c2cc(-c3nc4cc(F)cc(CO)c4c(=O)[nH]3)ccc2OC2CNC2)cc1. The molecule has 10 rings (SSSR count). The first-order valence-corrected chi connectivity index (χ1v) is 24.9. The van der Waals surface area contributed by atoms with Crippen molar-refractivity contribution in [3.05, 3.63) is 153 Å². The molecule has 0 aliphatic carbocycles. The number of likely N-dealkylation sites (N-methyl/N-ethyl adjacent to an activating group) is 1. The number of nitrogens with one attached hydrogen (secondary N) is 3. The van der Waals surface area contributed by atoms with Crippen LogP contribution in [0.5, 0.6) is 11.5 Å². The fraction of sp³-hybridized carbons (Fsp3) is 0.216. The smallest absolute Gasteiger partial charge is 0.259 e. The van der Waals surface area contributed by atoms with Crippen LogP contribution in [0.4, 0.5) is 8.78 Å². The highest BCUT2D eigenvalue weighted by Crippen LogP contribution is 2.37. The van der Waals surface area contributed by atoms with Gasteiger partial charge >= 0.3 is 0 Å². The molecule has 354 valence electrons. The van der Waals surface area contributed by atoms with Crippen molar-refractivity contribution in [3.8, 4) is 56.5 Å². The summed E-state index contributed by atoms with van der Waals surface area (Å²) in [5.41, 5.74) is 4.33. The largest absolute Gasteiger partial charge is 0.487 e. The molecule has 0 bridgehead atoms. The number of halogens is 2. The zero-order valence-corrected chi connectivity index (χ0v) is 39.2. The van der Waals surface area contributed by atoms with Gasteiger partial charge in [0, 0.05) is 104 Å². The number of fused-ring (bicyclic) bond motifs is 2. The van der Waals surface area contributed by atoms with Gasteiger partial charge in [-0.25, -0.2) is 18.7 Å². The molecule has 8 aromatic rings. The van der Waals surface area contributed by atoms with Gasteiger partial charge in [-0.15, -0.1) is 0 Å². The molecule has 4 heterocycles. The number of nitrogens with zero attached hydrogens (tertiary/aromatic N) is 3. The van der Waals surface area contributed by atoms with Crippen LogP contribution in [0.2, 0.25) is 0 Å². The van der Waals surface area contributed by atoms with Gasteiger partial charge in [0.15, 0.2) is 0 Å². The summed E-state index contributed by atoms with van der Waals surface area (Å²) in [7, 11) is -0.160. The molecule has 0 spiro atoms. The van der Waals surface area contributed by atoms with E-state index in [1.807, 2.05) is 79.8 Å². The zero-order chi connectivity index (χ0) is 48.5. The molecule has 0 amide bonds. The number of hydrogen-bond donors (Lipinski definition) is 5. The lowest BCUT2D eigenvalue weighted by atomic mass is 10.0. The van der Waals surface area contributed by atoms with E-state index >= 15 is 0 Å². The molecule has 0 radical (unpaired) electrons. The summed E-state index contributed by atoms with van der Waals surface area (Å²) in [6, 6.07) is 30.4. The molecule has 2 atom stereocenters. The van der Waals surface area contributed by atoms with E-state index in [9.17, 15) is 37.0 Å². The second kappa shape index (κ2) is 20.0. The number of aromatic amines is 2. The highest BCUT2D eigenvalue weighted by Gasteiger charge is 2.27. The number of benzene rings is 6. The summed E-state index contributed by atoms with van der Waals surface area (Å²) in [5, 5.41) is 22.6. The number of likely N-dealkylation sites (tertiary alicyclic amines) is 1. The van der Waals surface area contributed by atoms with Gasteiger partial charge in [-0.05, 0) is 102 Å². The fourth-order valence-corrected chi connectivity index (χ4v) is 9.28. The minimum Gasteiger partial charge on any atom is -0.487 e. The summed E-state index contributed by atoms with van der Waals surface area (Å²) in [6.07, 6.45) is 3.39. The van der Waals surface area contributed by atoms with Crippen molar-refractivity contribution in [2.75, 3.05) is 45.7 Å². The maximum atomic E-state index is 14.1. The number of aromatic nitrogens is 4. The van der Waals surface area contributed by atoms with Gasteiger partial charge in [0.1, 0.15) is 47.0 Å². The van der Waals surface area contributed by atoms with Gasteiger partial charge in [-0.3, -0.25) is 22.9 Å². The van der Waals surface area contributed by atoms with Gasteiger partial charge in [-0.2, -0.15) is 0 Å². The molecule has 69 heavy (non-hydrogen) atoms. The molecule has 2 saturated heterocycles. The summed E-state index contributed by atoms with van der Waals surface area (Å²) in [5.74, 6) is 0.767. The molecule has 0 saturated carbocycles. The van der Waals surface area contributed by atoms with Crippen molar-refractivity contribution >= 4 is 43.4 Å². The Morgan fingerprint density at radius 1 is 0.609 bits per heavy atom. The Labute approximate surface area is 398 Å². The molecule has 2 unspecified atom stereocenters. The number of ether oxygens (including phenoxy) is 2. The first-order valence-electron chi connectivity index (χ1n) is 21.8. The van der Waals surface area contributed by atoms with E-state index in [1.165, 1.54) is 12.1 Å². The topological polar surface area (TPSA) is 200 Å². The van der Waals surface area contributed by atoms with Crippen molar-refractivity contribution in [2.24, 2.45) is 0 Å². The number of H-pyrrole nitrogens is 2.